The van der Waals surface area contributed by atoms with Crippen molar-refractivity contribution in [1.82, 2.24) is 14.9 Å². The highest BCUT2D eigenvalue weighted by Crippen LogP contribution is 2.14. The SMILES string of the molecule is CCCNC(=O)CNC(=O)COC(=O)c1ccc(S(=O)(=O)N(C)C)cc1. The van der Waals surface area contributed by atoms with Crippen LogP contribution in [0.4, 0.5) is 0 Å². The Bertz CT molecular complexity index is 744. The van der Waals surface area contributed by atoms with Crippen molar-refractivity contribution in [1.29, 1.82) is 0 Å². The van der Waals surface area contributed by atoms with E-state index in [-0.39, 0.29) is 22.9 Å². The standard InChI is InChI=1S/C16H23N3O6S/c1-4-9-17-14(20)10-18-15(21)11-25-16(22)12-5-7-13(8-6-12)26(23,24)19(2)3/h5-8H,4,9-11H2,1-3H3,(H,17,20)(H,18,21). The number of benzene rings is 1. The Morgan fingerprint density at radius 1 is 1.04 bits per heavy atom. The number of carbonyl (C=O) groups is 3. The van der Waals surface area contributed by atoms with E-state index in [1.807, 2.05) is 6.92 Å². The molecule has 0 aliphatic heterocycles. The summed E-state index contributed by atoms with van der Waals surface area (Å²) in [7, 11) is -0.785. The molecule has 0 aliphatic carbocycles. The van der Waals surface area contributed by atoms with Gasteiger partial charge in [-0.25, -0.2) is 17.5 Å². The topological polar surface area (TPSA) is 122 Å². The predicted molar refractivity (Wildman–Crippen MR) is 93.9 cm³/mol. The number of sulfonamides is 1. The summed E-state index contributed by atoms with van der Waals surface area (Å²) >= 11 is 0. The second-order valence-electron chi connectivity index (χ2n) is 5.51. The molecular weight excluding hydrogens is 362 g/mol. The van der Waals surface area contributed by atoms with E-state index < -0.39 is 28.5 Å². The Kier molecular flexibility index (Phi) is 8.20. The quantitative estimate of drug-likeness (QED) is 0.565. The fourth-order valence-electron chi connectivity index (χ4n) is 1.75. The molecule has 144 valence electrons. The molecular formula is C16H23N3O6S. The van der Waals surface area contributed by atoms with Crippen molar-refractivity contribution in [2.75, 3.05) is 33.8 Å². The number of hydrogen-bond acceptors (Lipinski definition) is 6. The lowest BCUT2D eigenvalue weighted by Crippen LogP contribution is -2.38. The molecule has 0 saturated heterocycles. The molecule has 0 spiro atoms. The van der Waals surface area contributed by atoms with Crippen molar-refractivity contribution in [2.24, 2.45) is 0 Å². The summed E-state index contributed by atoms with van der Waals surface area (Å²) in [5.74, 6) is -1.72. The van der Waals surface area contributed by atoms with E-state index >= 15 is 0 Å². The van der Waals surface area contributed by atoms with Crippen LogP contribution in [0.15, 0.2) is 29.2 Å². The van der Waals surface area contributed by atoms with E-state index in [4.69, 9.17) is 4.74 Å². The van der Waals surface area contributed by atoms with Gasteiger partial charge in [-0.05, 0) is 30.7 Å². The first-order valence-corrected chi connectivity index (χ1v) is 9.35. The highest BCUT2D eigenvalue weighted by Gasteiger charge is 2.18. The summed E-state index contributed by atoms with van der Waals surface area (Å²) < 4.78 is 29.8. The van der Waals surface area contributed by atoms with Gasteiger partial charge in [-0.1, -0.05) is 6.92 Å². The zero-order valence-electron chi connectivity index (χ0n) is 14.9. The number of hydrogen-bond donors (Lipinski definition) is 2. The van der Waals surface area contributed by atoms with Gasteiger partial charge < -0.3 is 15.4 Å². The maximum Gasteiger partial charge on any atom is 0.338 e. The fraction of sp³-hybridized carbons (Fsp3) is 0.438. The first kappa shape index (κ1) is 21.6. The van der Waals surface area contributed by atoms with Gasteiger partial charge in [0.05, 0.1) is 17.0 Å². The minimum absolute atomic E-state index is 0.0369. The Labute approximate surface area is 152 Å². The van der Waals surface area contributed by atoms with Gasteiger partial charge in [0.25, 0.3) is 5.91 Å². The minimum Gasteiger partial charge on any atom is -0.452 e. The third kappa shape index (κ3) is 6.45. The van der Waals surface area contributed by atoms with Crippen molar-refractivity contribution >= 4 is 27.8 Å². The van der Waals surface area contributed by atoms with Crippen LogP contribution in [-0.2, 0) is 24.3 Å². The van der Waals surface area contributed by atoms with Crippen LogP contribution in [0.25, 0.3) is 0 Å². The summed E-state index contributed by atoms with van der Waals surface area (Å²) in [6, 6.07) is 5.16. The maximum atomic E-state index is 11.9. The molecule has 0 unspecified atom stereocenters. The summed E-state index contributed by atoms with van der Waals surface area (Å²) in [6.45, 7) is 1.68. The van der Waals surface area contributed by atoms with Crippen LogP contribution < -0.4 is 10.6 Å². The lowest BCUT2D eigenvalue weighted by molar-refractivity contribution is -0.127. The second-order valence-corrected chi connectivity index (χ2v) is 7.67. The molecule has 9 nitrogen and oxygen atoms in total. The molecule has 0 atom stereocenters. The molecule has 1 aromatic carbocycles. The van der Waals surface area contributed by atoms with Crippen molar-refractivity contribution in [2.45, 2.75) is 18.2 Å². The first-order valence-electron chi connectivity index (χ1n) is 7.91. The molecule has 26 heavy (non-hydrogen) atoms. The normalized spacial score (nSPS) is 11.1. The van der Waals surface area contributed by atoms with Gasteiger partial charge in [0.15, 0.2) is 6.61 Å². The first-order chi connectivity index (χ1) is 12.2. The van der Waals surface area contributed by atoms with Gasteiger partial charge in [-0.15, -0.1) is 0 Å². The molecule has 2 N–H and O–H groups in total. The van der Waals surface area contributed by atoms with Crippen LogP contribution in [0.3, 0.4) is 0 Å². The van der Waals surface area contributed by atoms with E-state index in [0.29, 0.717) is 6.54 Å². The monoisotopic (exact) mass is 385 g/mol. The van der Waals surface area contributed by atoms with Crippen LogP contribution >= 0.6 is 0 Å². The maximum absolute atomic E-state index is 11.9. The fourth-order valence-corrected chi connectivity index (χ4v) is 2.65. The number of rotatable bonds is 9. The molecule has 1 rings (SSSR count). The average Bonchev–Trinajstić information content (AvgIpc) is 2.62. The number of nitrogens with zero attached hydrogens (tertiary/aromatic N) is 1. The summed E-state index contributed by atoms with van der Waals surface area (Å²) in [6.07, 6.45) is 0.784. The van der Waals surface area contributed by atoms with Gasteiger partial charge in [-0.2, -0.15) is 0 Å². The molecule has 0 bridgehead atoms. The summed E-state index contributed by atoms with van der Waals surface area (Å²) in [5, 5.41) is 4.92. The molecule has 0 aromatic heterocycles. The number of esters is 1. The number of amides is 2. The van der Waals surface area contributed by atoms with Crippen LogP contribution in [0.1, 0.15) is 23.7 Å². The molecule has 0 heterocycles. The van der Waals surface area contributed by atoms with E-state index in [0.717, 1.165) is 10.7 Å². The smallest absolute Gasteiger partial charge is 0.338 e. The molecule has 0 radical (unpaired) electrons. The van der Waals surface area contributed by atoms with Gasteiger partial charge in [0, 0.05) is 20.6 Å². The predicted octanol–water partition coefficient (Wildman–Crippen LogP) is -0.264. The van der Waals surface area contributed by atoms with Crippen LogP contribution in [-0.4, -0.2) is 64.3 Å². The lowest BCUT2D eigenvalue weighted by atomic mass is 10.2. The highest BCUT2D eigenvalue weighted by atomic mass is 32.2. The van der Waals surface area contributed by atoms with Crippen LogP contribution in [0.2, 0.25) is 0 Å². The Hall–Kier alpha value is -2.46. The summed E-state index contributed by atoms with van der Waals surface area (Å²) in [4.78, 5) is 34.8. The van der Waals surface area contributed by atoms with Gasteiger partial charge in [-0.3, -0.25) is 9.59 Å². The van der Waals surface area contributed by atoms with Gasteiger partial charge >= 0.3 is 5.97 Å². The lowest BCUT2D eigenvalue weighted by Gasteiger charge is -2.11. The number of nitrogens with one attached hydrogen (secondary N) is 2. The zero-order valence-corrected chi connectivity index (χ0v) is 15.8. The highest BCUT2D eigenvalue weighted by molar-refractivity contribution is 7.89. The Morgan fingerprint density at radius 2 is 1.65 bits per heavy atom. The number of ether oxygens (including phenoxy) is 1. The van der Waals surface area contributed by atoms with E-state index in [1.54, 1.807) is 0 Å². The Morgan fingerprint density at radius 3 is 2.19 bits per heavy atom. The molecule has 10 heteroatoms. The van der Waals surface area contributed by atoms with Gasteiger partial charge in [0.2, 0.25) is 15.9 Å². The Balaban J connectivity index is 2.51. The van der Waals surface area contributed by atoms with E-state index in [1.165, 1.54) is 38.4 Å². The van der Waals surface area contributed by atoms with Crippen molar-refractivity contribution in [3.8, 4) is 0 Å². The molecule has 0 saturated carbocycles. The van der Waals surface area contributed by atoms with Crippen LogP contribution in [0.5, 0.6) is 0 Å². The van der Waals surface area contributed by atoms with E-state index in [2.05, 4.69) is 10.6 Å². The van der Waals surface area contributed by atoms with Gasteiger partial charge in [0.1, 0.15) is 0 Å². The second kappa shape index (κ2) is 9.88. The van der Waals surface area contributed by atoms with E-state index in [9.17, 15) is 22.8 Å². The average molecular weight is 385 g/mol. The zero-order chi connectivity index (χ0) is 19.7. The minimum atomic E-state index is -3.59. The molecule has 1 aromatic rings. The number of carbonyl (C=O) groups excluding carboxylic acids is 3. The van der Waals surface area contributed by atoms with Crippen LogP contribution in [0, 0.1) is 0 Å². The molecule has 2 amide bonds. The molecule has 0 fully saturated rings. The van der Waals surface area contributed by atoms with Crippen molar-refractivity contribution < 1.29 is 27.5 Å². The third-order valence-electron chi connectivity index (χ3n) is 3.22. The largest absolute Gasteiger partial charge is 0.452 e. The van der Waals surface area contributed by atoms with Crippen molar-refractivity contribution in [3.05, 3.63) is 29.8 Å². The summed E-state index contributed by atoms with van der Waals surface area (Å²) in [5.41, 5.74) is 0.108. The third-order valence-corrected chi connectivity index (χ3v) is 5.05. The molecule has 0 aliphatic rings. The van der Waals surface area contributed by atoms with Crippen molar-refractivity contribution in [3.63, 3.8) is 0 Å².